The van der Waals surface area contributed by atoms with E-state index in [1.807, 2.05) is 0 Å². The van der Waals surface area contributed by atoms with Crippen molar-refractivity contribution in [2.75, 3.05) is 18.4 Å². The molecule has 0 heterocycles. The molecule has 1 unspecified atom stereocenters. The second kappa shape index (κ2) is 7.84. The van der Waals surface area contributed by atoms with Crippen LogP contribution in [-0.4, -0.2) is 13.1 Å². The van der Waals surface area contributed by atoms with Crippen molar-refractivity contribution in [3.05, 3.63) is 65.2 Å². The van der Waals surface area contributed by atoms with Crippen LogP contribution in [0.15, 0.2) is 48.5 Å². The minimum absolute atomic E-state index is 0.437. The fourth-order valence-electron chi connectivity index (χ4n) is 2.64. The van der Waals surface area contributed by atoms with Crippen molar-refractivity contribution < 1.29 is 0 Å². The van der Waals surface area contributed by atoms with Gasteiger partial charge < -0.3 is 10.6 Å². The molecule has 2 nitrogen and oxygen atoms in total. The van der Waals surface area contributed by atoms with Crippen LogP contribution in [0.2, 0.25) is 0 Å². The maximum Gasteiger partial charge on any atom is 0.0370 e. The lowest BCUT2D eigenvalue weighted by Gasteiger charge is -2.18. The summed E-state index contributed by atoms with van der Waals surface area (Å²) < 4.78 is 0. The van der Waals surface area contributed by atoms with Gasteiger partial charge in [-0.25, -0.2) is 0 Å². The molecular formula is C19H26N2. The maximum atomic E-state index is 3.62. The highest BCUT2D eigenvalue weighted by Gasteiger charge is 2.07. The molecule has 0 aliphatic heterocycles. The maximum absolute atomic E-state index is 3.62. The largest absolute Gasteiger partial charge is 0.384 e. The Kier molecular flexibility index (Phi) is 5.82. The van der Waals surface area contributed by atoms with Gasteiger partial charge in [-0.1, -0.05) is 55.0 Å². The monoisotopic (exact) mass is 282 g/mol. The third-order valence-corrected chi connectivity index (χ3v) is 3.82. The molecule has 2 aromatic carbocycles. The highest BCUT2D eigenvalue weighted by Crippen LogP contribution is 2.17. The molecule has 0 bridgehead atoms. The van der Waals surface area contributed by atoms with Crippen LogP contribution in [-0.2, 0) is 0 Å². The van der Waals surface area contributed by atoms with Crippen molar-refractivity contribution in [2.45, 2.75) is 33.2 Å². The smallest absolute Gasteiger partial charge is 0.0370 e. The molecule has 0 amide bonds. The van der Waals surface area contributed by atoms with E-state index < -0.39 is 0 Å². The average molecular weight is 282 g/mol. The summed E-state index contributed by atoms with van der Waals surface area (Å²) in [5.74, 6) is 0. The lowest BCUT2D eigenvalue weighted by atomic mass is 10.0. The first-order chi connectivity index (χ1) is 10.2. The van der Waals surface area contributed by atoms with E-state index in [1.54, 1.807) is 0 Å². The van der Waals surface area contributed by atoms with Gasteiger partial charge in [0.25, 0.3) is 0 Å². The molecule has 0 aromatic heterocycles. The molecule has 112 valence electrons. The molecule has 2 aromatic rings. The Balaban J connectivity index is 1.81. The first kappa shape index (κ1) is 15.6. The Labute approximate surface area is 128 Å². The predicted octanol–water partition coefficient (Wildman–Crippen LogP) is 4.46. The molecule has 2 rings (SSSR count). The Hall–Kier alpha value is -1.80. The van der Waals surface area contributed by atoms with E-state index in [4.69, 9.17) is 0 Å². The van der Waals surface area contributed by atoms with Gasteiger partial charge in [-0.15, -0.1) is 0 Å². The van der Waals surface area contributed by atoms with Crippen molar-refractivity contribution in [3.8, 4) is 0 Å². The minimum atomic E-state index is 0.437. The zero-order chi connectivity index (χ0) is 15.1. The molecule has 2 heteroatoms. The molecule has 0 fully saturated rings. The van der Waals surface area contributed by atoms with E-state index in [-0.39, 0.29) is 0 Å². The number of nitrogens with one attached hydrogen (secondary N) is 2. The number of anilines is 1. The quantitative estimate of drug-likeness (QED) is 0.733. The molecular weight excluding hydrogens is 256 g/mol. The van der Waals surface area contributed by atoms with Gasteiger partial charge in [-0.05, 0) is 37.5 Å². The summed E-state index contributed by atoms with van der Waals surface area (Å²) >= 11 is 0. The van der Waals surface area contributed by atoms with E-state index in [0.717, 1.165) is 19.5 Å². The van der Waals surface area contributed by atoms with Crippen LogP contribution in [0.3, 0.4) is 0 Å². The molecule has 0 radical (unpaired) electrons. The van der Waals surface area contributed by atoms with Crippen molar-refractivity contribution in [1.82, 2.24) is 5.32 Å². The number of benzene rings is 2. The molecule has 2 N–H and O–H groups in total. The lowest BCUT2D eigenvalue weighted by Crippen LogP contribution is -2.26. The Morgan fingerprint density at radius 3 is 2.38 bits per heavy atom. The van der Waals surface area contributed by atoms with Gasteiger partial charge in [0.2, 0.25) is 0 Å². The first-order valence-electron chi connectivity index (χ1n) is 7.80. The topological polar surface area (TPSA) is 24.1 Å². The fourth-order valence-corrected chi connectivity index (χ4v) is 2.64. The van der Waals surface area contributed by atoms with E-state index in [1.165, 1.54) is 22.4 Å². The van der Waals surface area contributed by atoms with Gasteiger partial charge in [-0.2, -0.15) is 0 Å². The van der Waals surface area contributed by atoms with E-state index in [2.05, 4.69) is 79.9 Å². The summed E-state index contributed by atoms with van der Waals surface area (Å²) in [6.07, 6.45) is 1.10. The standard InChI is InChI=1S/C19H26N2/c1-4-18(17-8-6-5-7-9-17)20-12-13-21-19-11-10-15(2)14-16(19)3/h5-11,14,18,20-21H,4,12-13H2,1-3H3. The van der Waals surface area contributed by atoms with E-state index >= 15 is 0 Å². The minimum Gasteiger partial charge on any atom is -0.384 e. The molecule has 1 atom stereocenters. The lowest BCUT2D eigenvalue weighted by molar-refractivity contribution is 0.531. The van der Waals surface area contributed by atoms with Crippen LogP contribution in [0.25, 0.3) is 0 Å². The summed E-state index contributed by atoms with van der Waals surface area (Å²) in [5.41, 5.74) is 5.22. The van der Waals surface area contributed by atoms with Gasteiger partial charge in [0, 0.05) is 24.8 Å². The molecule has 0 saturated carbocycles. The number of aryl methyl sites for hydroxylation is 2. The zero-order valence-corrected chi connectivity index (χ0v) is 13.3. The Morgan fingerprint density at radius 1 is 0.952 bits per heavy atom. The van der Waals surface area contributed by atoms with Crippen molar-refractivity contribution in [3.63, 3.8) is 0 Å². The summed E-state index contributed by atoms with van der Waals surface area (Å²) in [6.45, 7) is 8.40. The normalized spacial score (nSPS) is 12.1. The van der Waals surface area contributed by atoms with Crippen molar-refractivity contribution >= 4 is 5.69 Å². The van der Waals surface area contributed by atoms with Gasteiger partial charge in [-0.3, -0.25) is 0 Å². The Bertz CT molecular complexity index is 549. The van der Waals surface area contributed by atoms with Crippen LogP contribution in [0, 0.1) is 13.8 Å². The fraction of sp³-hybridized carbons (Fsp3) is 0.368. The highest BCUT2D eigenvalue weighted by atomic mass is 15.0. The number of rotatable bonds is 7. The van der Waals surface area contributed by atoms with Crippen molar-refractivity contribution in [2.24, 2.45) is 0 Å². The first-order valence-corrected chi connectivity index (χ1v) is 7.80. The van der Waals surface area contributed by atoms with Crippen molar-refractivity contribution in [1.29, 1.82) is 0 Å². The van der Waals surface area contributed by atoms with E-state index in [9.17, 15) is 0 Å². The molecule has 0 spiro atoms. The predicted molar refractivity (Wildman–Crippen MR) is 91.9 cm³/mol. The number of hydrogen-bond acceptors (Lipinski definition) is 2. The molecule has 0 aliphatic rings. The molecule has 21 heavy (non-hydrogen) atoms. The van der Waals surface area contributed by atoms with Crippen LogP contribution in [0.4, 0.5) is 5.69 Å². The van der Waals surface area contributed by atoms with Crippen LogP contribution in [0.1, 0.15) is 36.1 Å². The van der Waals surface area contributed by atoms with E-state index in [0.29, 0.717) is 6.04 Å². The third kappa shape index (κ3) is 4.61. The van der Waals surface area contributed by atoms with Gasteiger partial charge in [0.05, 0.1) is 0 Å². The third-order valence-electron chi connectivity index (χ3n) is 3.82. The summed E-state index contributed by atoms with van der Waals surface area (Å²) in [4.78, 5) is 0. The summed E-state index contributed by atoms with van der Waals surface area (Å²) in [7, 11) is 0. The summed E-state index contributed by atoms with van der Waals surface area (Å²) in [5, 5.41) is 7.13. The van der Waals surface area contributed by atoms with Gasteiger partial charge >= 0.3 is 0 Å². The second-order valence-electron chi connectivity index (χ2n) is 5.57. The van der Waals surface area contributed by atoms with Gasteiger partial charge in [0.1, 0.15) is 0 Å². The summed E-state index contributed by atoms with van der Waals surface area (Å²) in [6, 6.07) is 17.6. The number of hydrogen-bond donors (Lipinski definition) is 2. The highest BCUT2D eigenvalue weighted by molar-refractivity contribution is 5.51. The zero-order valence-electron chi connectivity index (χ0n) is 13.3. The molecule has 0 aliphatic carbocycles. The molecule has 0 saturated heterocycles. The SMILES string of the molecule is CCC(NCCNc1ccc(C)cc1C)c1ccccc1. The average Bonchev–Trinajstić information content (AvgIpc) is 2.50. The van der Waals surface area contributed by atoms with Crippen LogP contribution >= 0.6 is 0 Å². The van der Waals surface area contributed by atoms with Crippen LogP contribution in [0.5, 0.6) is 0 Å². The second-order valence-corrected chi connectivity index (χ2v) is 5.57. The van der Waals surface area contributed by atoms with Gasteiger partial charge in [0.15, 0.2) is 0 Å². The Morgan fingerprint density at radius 2 is 1.71 bits per heavy atom. The van der Waals surface area contributed by atoms with Crippen LogP contribution < -0.4 is 10.6 Å².